The first-order valence-electron chi connectivity index (χ1n) is 9.19. The van der Waals surface area contributed by atoms with Gasteiger partial charge in [-0.1, -0.05) is 50.2 Å². The maximum absolute atomic E-state index is 12.0. The Labute approximate surface area is 165 Å². The van der Waals surface area contributed by atoms with Crippen LogP contribution in [0.5, 0.6) is 11.5 Å². The van der Waals surface area contributed by atoms with Crippen LogP contribution in [0.1, 0.15) is 30.9 Å². The smallest absolute Gasteiger partial charge is 0.277 e. The van der Waals surface area contributed by atoms with E-state index in [9.17, 15) is 4.79 Å². The summed E-state index contributed by atoms with van der Waals surface area (Å²) in [5, 5.41) is 6.05. The van der Waals surface area contributed by atoms with Crippen LogP contribution in [0.3, 0.4) is 0 Å². The Balaban J connectivity index is 1.59. The molecular weight excluding hydrogens is 352 g/mol. The van der Waals surface area contributed by atoms with Crippen LogP contribution in [0.25, 0.3) is 10.8 Å². The highest BCUT2D eigenvalue weighted by Gasteiger charge is 2.05. The van der Waals surface area contributed by atoms with Crippen molar-refractivity contribution >= 4 is 22.9 Å². The van der Waals surface area contributed by atoms with Gasteiger partial charge in [-0.2, -0.15) is 5.10 Å². The summed E-state index contributed by atoms with van der Waals surface area (Å²) in [7, 11) is 1.64. The number of amides is 1. The molecule has 0 aliphatic heterocycles. The maximum atomic E-state index is 12.0. The normalized spacial score (nSPS) is 11.1. The van der Waals surface area contributed by atoms with E-state index < -0.39 is 0 Å². The Hall–Kier alpha value is -3.34. The fraction of sp³-hybridized carbons (Fsp3) is 0.217. The lowest BCUT2D eigenvalue weighted by atomic mass is 10.0. The molecule has 1 amide bonds. The summed E-state index contributed by atoms with van der Waals surface area (Å²) in [6, 6.07) is 19.4. The second kappa shape index (κ2) is 9.04. The third-order valence-electron chi connectivity index (χ3n) is 4.45. The van der Waals surface area contributed by atoms with Gasteiger partial charge in [0.05, 0.1) is 13.3 Å². The van der Waals surface area contributed by atoms with Crippen LogP contribution in [0, 0.1) is 0 Å². The molecule has 0 radical (unpaired) electrons. The molecule has 0 heterocycles. The van der Waals surface area contributed by atoms with Gasteiger partial charge in [0.15, 0.2) is 6.61 Å². The van der Waals surface area contributed by atoms with Crippen molar-refractivity contribution < 1.29 is 14.3 Å². The van der Waals surface area contributed by atoms with E-state index in [4.69, 9.17) is 9.47 Å². The number of rotatable bonds is 7. The first kappa shape index (κ1) is 19.4. The van der Waals surface area contributed by atoms with Gasteiger partial charge >= 0.3 is 0 Å². The Morgan fingerprint density at radius 3 is 2.43 bits per heavy atom. The molecule has 0 unspecified atom stereocenters. The molecule has 0 saturated heterocycles. The standard InChI is InChI=1S/C23H24N2O3/c1-16(2)17-8-11-19(12-9-17)28-15-23(26)25-24-14-18-10-13-22(27-3)21-7-5-4-6-20(18)21/h4-14,16H,15H2,1-3H3,(H,25,26)/b24-14+. The average Bonchev–Trinajstić information content (AvgIpc) is 2.72. The Morgan fingerprint density at radius 2 is 1.75 bits per heavy atom. The van der Waals surface area contributed by atoms with Crippen LogP contribution in [0.4, 0.5) is 0 Å². The summed E-state index contributed by atoms with van der Waals surface area (Å²) in [5.41, 5.74) is 4.62. The van der Waals surface area contributed by atoms with Gasteiger partial charge in [0.25, 0.3) is 5.91 Å². The molecule has 0 atom stereocenters. The third kappa shape index (κ3) is 4.68. The van der Waals surface area contributed by atoms with Gasteiger partial charge in [-0.15, -0.1) is 0 Å². The number of carbonyl (C=O) groups is 1. The topological polar surface area (TPSA) is 59.9 Å². The molecule has 0 aliphatic rings. The van der Waals surface area contributed by atoms with E-state index >= 15 is 0 Å². The van der Waals surface area contributed by atoms with Gasteiger partial charge in [0.2, 0.25) is 0 Å². The fourth-order valence-electron chi connectivity index (χ4n) is 2.89. The molecule has 0 saturated carbocycles. The summed E-state index contributed by atoms with van der Waals surface area (Å²) in [6.07, 6.45) is 1.62. The first-order valence-corrected chi connectivity index (χ1v) is 9.19. The molecule has 0 bridgehead atoms. The molecule has 3 rings (SSSR count). The van der Waals surface area contributed by atoms with Crippen LogP contribution in [0.2, 0.25) is 0 Å². The molecule has 28 heavy (non-hydrogen) atoms. The van der Waals surface area contributed by atoms with E-state index in [2.05, 4.69) is 24.4 Å². The fourth-order valence-corrected chi connectivity index (χ4v) is 2.89. The zero-order valence-electron chi connectivity index (χ0n) is 16.3. The lowest BCUT2D eigenvalue weighted by Gasteiger charge is -2.08. The van der Waals surface area contributed by atoms with E-state index in [1.54, 1.807) is 13.3 Å². The third-order valence-corrected chi connectivity index (χ3v) is 4.45. The van der Waals surface area contributed by atoms with Gasteiger partial charge < -0.3 is 9.47 Å². The molecule has 5 nitrogen and oxygen atoms in total. The SMILES string of the molecule is COc1ccc(/C=N/NC(=O)COc2ccc(C(C)C)cc2)c2ccccc12. The summed E-state index contributed by atoms with van der Waals surface area (Å²) in [4.78, 5) is 12.0. The van der Waals surface area contributed by atoms with Crippen molar-refractivity contribution in [1.82, 2.24) is 5.43 Å². The molecule has 1 N–H and O–H groups in total. The lowest BCUT2D eigenvalue weighted by Crippen LogP contribution is -2.24. The highest BCUT2D eigenvalue weighted by atomic mass is 16.5. The van der Waals surface area contributed by atoms with E-state index in [-0.39, 0.29) is 12.5 Å². The van der Waals surface area contributed by atoms with Crippen LogP contribution in [-0.2, 0) is 4.79 Å². The first-order chi connectivity index (χ1) is 13.6. The molecule has 0 aromatic heterocycles. The Kier molecular flexibility index (Phi) is 6.27. The molecule has 0 spiro atoms. The predicted octanol–water partition coefficient (Wildman–Crippen LogP) is 4.50. The van der Waals surface area contributed by atoms with Crippen molar-refractivity contribution in [3.05, 3.63) is 71.8 Å². The van der Waals surface area contributed by atoms with Gasteiger partial charge in [0, 0.05) is 10.9 Å². The molecule has 5 heteroatoms. The number of methoxy groups -OCH3 is 1. The van der Waals surface area contributed by atoms with E-state index in [1.807, 2.05) is 60.7 Å². The van der Waals surface area contributed by atoms with Crippen LogP contribution >= 0.6 is 0 Å². The molecule has 3 aromatic rings. The van der Waals surface area contributed by atoms with Gasteiger partial charge in [-0.25, -0.2) is 5.43 Å². The minimum Gasteiger partial charge on any atom is -0.496 e. The number of nitrogens with zero attached hydrogens (tertiary/aromatic N) is 1. The summed E-state index contributed by atoms with van der Waals surface area (Å²) < 4.78 is 10.9. The monoisotopic (exact) mass is 376 g/mol. The van der Waals surface area contributed by atoms with Gasteiger partial charge in [-0.05, 0) is 41.1 Å². The number of hydrogen-bond acceptors (Lipinski definition) is 4. The van der Waals surface area contributed by atoms with Gasteiger partial charge in [0.1, 0.15) is 11.5 Å². The second-order valence-electron chi connectivity index (χ2n) is 6.71. The highest BCUT2D eigenvalue weighted by molar-refractivity contribution is 6.02. The van der Waals surface area contributed by atoms with Crippen molar-refractivity contribution in [3.8, 4) is 11.5 Å². The zero-order chi connectivity index (χ0) is 19.9. The summed E-state index contributed by atoms with van der Waals surface area (Å²) in [5.74, 6) is 1.60. The van der Waals surface area contributed by atoms with Crippen LogP contribution < -0.4 is 14.9 Å². The molecule has 144 valence electrons. The lowest BCUT2D eigenvalue weighted by molar-refractivity contribution is -0.123. The Morgan fingerprint density at radius 1 is 1.04 bits per heavy atom. The molecule has 0 fully saturated rings. The number of hydrazone groups is 1. The molecular formula is C23H24N2O3. The van der Waals surface area contributed by atoms with E-state index in [0.29, 0.717) is 11.7 Å². The molecule has 0 aliphatic carbocycles. The van der Waals surface area contributed by atoms with E-state index in [0.717, 1.165) is 22.1 Å². The summed E-state index contributed by atoms with van der Waals surface area (Å²) in [6.45, 7) is 4.17. The quantitative estimate of drug-likeness (QED) is 0.488. The largest absolute Gasteiger partial charge is 0.496 e. The number of benzene rings is 3. The zero-order valence-corrected chi connectivity index (χ0v) is 16.3. The van der Waals surface area contributed by atoms with Crippen molar-refractivity contribution in [3.63, 3.8) is 0 Å². The van der Waals surface area contributed by atoms with Crippen molar-refractivity contribution in [2.45, 2.75) is 19.8 Å². The number of hydrogen-bond donors (Lipinski definition) is 1. The maximum Gasteiger partial charge on any atom is 0.277 e. The van der Waals surface area contributed by atoms with Gasteiger partial charge in [-0.3, -0.25) is 4.79 Å². The number of fused-ring (bicyclic) bond motifs is 1. The Bertz CT molecular complexity index is 979. The highest BCUT2D eigenvalue weighted by Crippen LogP contribution is 2.27. The van der Waals surface area contributed by atoms with Crippen molar-refractivity contribution in [2.24, 2.45) is 5.10 Å². The predicted molar refractivity (Wildman–Crippen MR) is 112 cm³/mol. The minimum atomic E-state index is -0.318. The molecule has 3 aromatic carbocycles. The number of nitrogens with one attached hydrogen (secondary N) is 1. The van der Waals surface area contributed by atoms with Crippen LogP contribution in [0.15, 0.2) is 65.8 Å². The van der Waals surface area contributed by atoms with Crippen molar-refractivity contribution in [1.29, 1.82) is 0 Å². The van der Waals surface area contributed by atoms with Crippen LogP contribution in [-0.4, -0.2) is 25.8 Å². The van der Waals surface area contributed by atoms with Crippen molar-refractivity contribution in [2.75, 3.05) is 13.7 Å². The average molecular weight is 376 g/mol. The van der Waals surface area contributed by atoms with E-state index in [1.165, 1.54) is 5.56 Å². The number of ether oxygens (including phenoxy) is 2. The second-order valence-corrected chi connectivity index (χ2v) is 6.71. The minimum absolute atomic E-state index is 0.0955. The number of carbonyl (C=O) groups excluding carboxylic acids is 1. The summed E-state index contributed by atoms with van der Waals surface area (Å²) >= 11 is 0.